The van der Waals surface area contributed by atoms with Gasteiger partial charge < -0.3 is 10.2 Å². The summed E-state index contributed by atoms with van der Waals surface area (Å²) < 4.78 is 70.0. The molecule has 1 amide bonds. The minimum absolute atomic E-state index is 0.0352. The van der Waals surface area contributed by atoms with Crippen molar-refractivity contribution in [3.63, 3.8) is 0 Å². The number of sulfone groups is 1. The van der Waals surface area contributed by atoms with Gasteiger partial charge in [-0.05, 0) is 51.2 Å². The minimum atomic E-state index is -4.04. The first kappa shape index (κ1) is 31.1. The van der Waals surface area contributed by atoms with Crippen molar-refractivity contribution in [2.45, 2.75) is 48.0 Å². The first-order valence-electron chi connectivity index (χ1n) is 12.9. The summed E-state index contributed by atoms with van der Waals surface area (Å²) in [5.74, 6) is -0.889. The molecule has 40 heavy (non-hydrogen) atoms. The van der Waals surface area contributed by atoms with Crippen molar-refractivity contribution in [2.24, 2.45) is 0 Å². The molecule has 0 unspecified atom stereocenters. The van der Waals surface area contributed by atoms with Crippen molar-refractivity contribution in [2.75, 3.05) is 33.2 Å². The molecule has 0 spiro atoms. The number of hydrogen-bond donors (Lipinski definition) is 1. The molecule has 0 aromatic heterocycles. The van der Waals surface area contributed by atoms with E-state index in [1.165, 1.54) is 16.4 Å². The molecule has 0 saturated carbocycles. The predicted octanol–water partition coefficient (Wildman–Crippen LogP) is 4.40. The Hall–Kier alpha value is -1.83. The quantitative estimate of drug-likeness (QED) is 0.445. The Labute approximate surface area is 248 Å². The van der Waals surface area contributed by atoms with Gasteiger partial charge in [-0.1, -0.05) is 51.8 Å². The fourth-order valence-electron chi connectivity index (χ4n) is 4.95. The zero-order chi connectivity index (χ0) is 29.3. The smallest absolute Gasteiger partial charge is 0.258 e. The second-order valence-electron chi connectivity index (χ2n) is 10.3. The van der Waals surface area contributed by atoms with Crippen LogP contribution in [0, 0.1) is 0 Å². The number of benzene rings is 2. The largest absolute Gasteiger partial charge is 0.347 e. The van der Waals surface area contributed by atoms with E-state index >= 15 is 4.39 Å². The van der Waals surface area contributed by atoms with Gasteiger partial charge in [0.15, 0.2) is 15.5 Å². The van der Waals surface area contributed by atoms with Gasteiger partial charge in [0.25, 0.3) is 5.91 Å². The number of amides is 1. The average Bonchev–Trinajstić information content (AvgIpc) is 3.35. The standard InChI is InChI=1S/C27H32BrClFN3O5S2/c1-19(10-16-39(35,36)21-9-13-32(2)18-21)31-26(34)27(30)11-14-33(15-12-27)40(37,38)25-8-7-20(28)17-23(25)22-5-3-4-6-24(22)29/h3-8,10,16-17,19,21H,9,11-15,18H2,1-2H3,(H,31,34)/b16-10-/t19-,21-/m1/s1. The number of halogens is 3. The molecule has 4 rings (SSSR count). The number of carbonyl (C=O) groups is 1. The fourth-order valence-corrected chi connectivity index (χ4v) is 8.75. The highest BCUT2D eigenvalue weighted by molar-refractivity contribution is 9.10. The Morgan fingerprint density at radius 3 is 2.42 bits per heavy atom. The average molecular weight is 677 g/mol. The minimum Gasteiger partial charge on any atom is -0.347 e. The van der Waals surface area contributed by atoms with Gasteiger partial charge in [0.1, 0.15) is 0 Å². The lowest BCUT2D eigenvalue weighted by Crippen LogP contribution is -2.53. The zero-order valence-electron chi connectivity index (χ0n) is 22.2. The second kappa shape index (κ2) is 12.2. The molecule has 2 fully saturated rings. The Kier molecular flexibility index (Phi) is 9.48. The van der Waals surface area contributed by atoms with Crippen molar-refractivity contribution in [1.29, 1.82) is 0 Å². The zero-order valence-corrected chi connectivity index (χ0v) is 26.2. The number of nitrogens with zero attached hydrogens (tertiary/aromatic N) is 2. The highest BCUT2D eigenvalue weighted by atomic mass is 79.9. The van der Waals surface area contributed by atoms with E-state index in [-0.39, 0.29) is 30.8 Å². The summed E-state index contributed by atoms with van der Waals surface area (Å²) in [6, 6.07) is 10.9. The van der Waals surface area contributed by atoms with E-state index in [0.29, 0.717) is 40.1 Å². The molecule has 218 valence electrons. The molecule has 2 saturated heterocycles. The molecule has 2 aliphatic heterocycles. The van der Waals surface area contributed by atoms with Crippen LogP contribution in [0.3, 0.4) is 0 Å². The van der Waals surface area contributed by atoms with Crippen LogP contribution in [0.15, 0.2) is 63.3 Å². The van der Waals surface area contributed by atoms with Gasteiger partial charge in [0.05, 0.1) is 10.1 Å². The van der Waals surface area contributed by atoms with Crippen LogP contribution < -0.4 is 5.32 Å². The first-order valence-corrected chi connectivity index (χ1v) is 17.1. The molecular formula is C27H32BrClFN3O5S2. The number of rotatable bonds is 8. The van der Waals surface area contributed by atoms with Crippen molar-refractivity contribution >= 4 is 53.3 Å². The number of nitrogens with one attached hydrogen (secondary N) is 1. The summed E-state index contributed by atoms with van der Waals surface area (Å²) in [4.78, 5) is 14.8. The second-order valence-corrected chi connectivity index (χ2v) is 15.7. The van der Waals surface area contributed by atoms with E-state index in [2.05, 4.69) is 21.2 Å². The molecular weight excluding hydrogens is 645 g/mol. The highest BCUT2D eigenvalue weighted by Crippen LogP contribution is 2.37. The maximum absolute atomic E-state index is 15.7. The van der Waals surface area contributed by atoms with Gasteiger partial charge in [0, 0.05) is 64.5 Å². The lowest BCUT2D eigenvalue weighted by molar-refractivity contribution is -0.135. The Morgan fingerprint density at radius 1 is 1.12 bits per heavy atom. The van der Waals surface area contributed by atoms with E-state index in [1.54, 1.807) is 43.3 Å². The van der Waals surface area contributed by atoms with Crippen LogP contribution in [0.2, 0.25) is 5.02 Å². The summed E-state index contributed by atoms with van der Waals surface area (Å²) in [5.41, 5.74) is -1.33. The number of hydrogen-bond acceptors (Lipinski definition) is 6. The lowest BCUT2D eigenvalue weighted by atomic mass is 9.93. The van der Waals surface area contributed by atoms with E-state index in [1.807, 2.05) is 11.9 Å². The van der Waals surface area contributed by atoms with Gasteiger partial charge >= 0.3 is 0 Å². The van der Waals surface area contributed by atoms with Crippen molar-refractivity contribution < 1.29 is 26.0 Å². The summed E-state index contributed by atoms with van der Waals surface area (Å²) in [5, 5.41) is 3.51. The predicted molar refractivity (Wildman–Crippen MR) is 158 cm³/mol. The molecule has 2 aliphatic rings. The molecule has 8 nitrogen and oxygen atoms in total. The topological polar surface area (TPSA) is 104 Å². The Bertz CT molecular complexity index is 1510. The summed E-state index contributed by atoms with van der Waals surface area (Å²) in [6.07, 6.45) is 1.22. The summed E-state index contributed by atoms with van der Waals surface area (Å²) in [7, 11) is -5.67. The third-order valence-corrected chi connectivity index (χ3v) is 12.0. The normalized spacial score (nSPS) is 21.5. The molecule has 2 aromatic rings. The van der Waals surface area contributed by atoms with Crippen LogP contribution in [0.4, 0.5) is 4.39 Å². The summed E-state index contributed by atoms with van der Waals surface area (Å²) in [6.45, 7) is 2.32. The van der Waals surface area contributed by atoms with Crippen molar-refractivity contribution in [1.82, 2.24) is 14.5 Å². The molecule has 2 heterocycles. The third-order valence-electron chi connectivity index (χ3n) is 7.37. The lowest BCUT2D eigenvalue weighted by Gasteiger charge is -2.35. The number of piperidine rings is 1. The molecule has 2 aromatic carbocycles. The SMILES string of the molecule is C[C@H](/C=C\S(=O)(=O)[C@@H]1CCN(C)C1)NC(=O)C1(F)CCN(S(=O)(=O)c2ccc(Br)cc2-c2ccccc2Cl)CC1. The summed E-state index contributed by atoms with van der Waals surface area (Å²) >= 11 is 9.75. The van der Waals surface area contributed by atoms with E-state index in [0.717, 1.165) is 5.41 Å². The molecule has 1 N–H and O–H groups in total. The molecule has 0 bridgehead atoms. The molecule has 0 radical (unpaired) electrons. The van der Waals surface area contributed by atoms with Crippen LogP contribution in [0.1, 0.15) is 26.2 Å². The van der Waals surface area contributed by atoms with E-state index in [9.17, 15) is 21.6 Å². The number of likely N-dealkylation sites (tertiary alicyclic amines) is 1. The van der Waals surface area contributed by atoms with Gasteiger partial charge in [0.2, 0.25) is 10.0 Å². The maximum atomic E-state index is 15.7. The first-order chi connectivity index (χ1) is 18.7. The fraction of sp³-hybridized carbons (Fsp3) is 0.444. The van der Waals surface area contributed by atoms with Crippen LogP contribution in [0.5, 0.6) is 0 Å². The molecule has 2 atom stereocenters. The monoisotopic (exact) mass is 675 g/mol. The van der Waals surface area contributed by atoms with Crippen LogP contribution in [0.25, 0.3) is 11.1 Å². The number of carbonyl (C=O) groups excluding carboxylic acids is 1. The Morgan fingerprint density at radius 2 is 1.80 bits per heavy atom. The number of sulfonamides is 1. The highest BCUT2D eigenvalue weighted by Gasteiger charge is 2.45. The third kappa shape index (κ3) is 6.79. The maximum Gasteiger partial charge on any atom is 0.258 e. The Balaban J connectivity index is 1.43. The van der Waals surface area contributed by atoms with Crippen LogP contribution in [-0.4, -0.2) is 82.1 Å². The number of alkyl halides is 1. The van der Waals surface area contributed by atoms with Gasteiger partial charge in [-0.25, -0.2) is 21.2 Å². The van der Waals surface area contributed by atoms with Gasteiger partial charge in [-0.3, -0.25) is 4.79 Å². The van der Waals surface area contributed by atoms with E-state index < -0.39 is 42.7 Å². The van der Waals surface area contributed by atoms with Crippen molar-refractivity contribution in [3.05, 3.63) is 63.4 Å². The molecule has 13 heteroatoms. The molecule has 0 aliphatic carbocycles. The van der Waals surface area contributed by atoms with Gasteiger partial charge in [-0.15, -0.1) is 0 Å². The van der Waals surface area contributed by atoms with Crippen molar-refractivity contribution in [3.8, 4) is 11.1 Å². The van der Waals surface area contributed by atoms with Gasteiger partial charge in [-0.2, -0.15) is 4.31 Å². The van der Waals surface area contributed by atoms with Crippen LogP contribution in [-0.2, 0) is 24.7 Å². The van der Waals surface area contributed by atoms with Crippen LogP contribution >= 0.6 is 27.5 Å². The van der Waals surface area contributed by atoms with E-state index in [4.69, 9.17) is 11.6 Å².